The second-order valence-corrected chi connectivity index (χ2v) is 7.08. The fourth-order valence-electron chi connectivity index (χ4n) is 3.00. The molecule has 0 saturated heterocycles. The van der Waals surface area contributed by atoms with Crippen LogP contribution in [-0.4, -0.2) is 24.2 Å². The van der Waals surface area contributed by atoms with Crippen molar-refractivity contribution >= 4 is 28.1 Å². The SMILES string of the molecule is COc1ccccc1-c1nc(=S)c2c([nH]1)Oc1c(cc(Br)cc1OC)C2. The summed E-state index contributed by atoms with van der Waals surface area (Å²) in [5.74, 6) is 3.24. The summed E-state index contributed by atoms with van der Waals surface area (Å²) in [6.07, 6.45) is 0.620. The monoisotopic (exact) mass is 430 g/mol. The zero-order valence-electron chi connectivity index (χ0n) is 14.1. The highest BCUT2D eigenvalue weighted by atomic mass is 79.9. The lowest BCUT2D eigenvalue weighted by atomic mass is 10.0. The molecule has 0 spiro atoms. The van der Waals surface area contributed by atoms with Crippen LogP contribution < -0.4 is 14.2 Å². The molecule has 2 heterocycles. The Morgan fingerprint density at radius 2 is 1.92 bits per heavy atom. The van der Waals surface area contributed by atoms with Gasteiger partial charge in [0.2, 0.25) is 5.88 Å². The Hall–Kier alpha value is -2.38. The van der Waals surface area contributed by atoms with Crippen molar-refractivity contribution in [2.24, 2.45) is 0 Å². The van der Waals surface area contributed by atoms with Gasteiger partial charge in [0.15, 0.2) is 11.5 Å². The molecule has 1 aromatic heterocycles. The molecule has 26 heavy (non-hydrogen) atoms. The number of nitrogens with one attached hydrogen (secondary N) is 1. The van der Waals surface area contributed by atoms with Crippen LogP contribution in [0.4, 0.5) is 0 Å². The summed E-state index contributed by atoms with van der Waals surface area (Å²) >= 11 is 9.03. The van der Waals surface area contributed by atoms with Crippen LogP contribution in [0.25, 0.3) is 11.4 Å². The number of nitrogens with zero attached hydrogens (tertiary/aromatic N) is 1. The van der Waals surface area contributed by atoms with Crippen LogP contribution in [0.3, 0.4) is 0 Å². The van der Waals surface area contributed by atoms with Crippen molar-refractivity contribution in [2.75, 3.05) is 14.2 Å². The molecule has 2 aromatic carbocycles. The van der Waals surface area contributed by atoms with Crippen LogP contribution in [0.5, 0.6) is 23.1 Å². The van der Waals surface area contributed by atoms with E-state index in [0.717, 1.165) is 21.2 Å². The van der Waals surface area contributed by atoms with E-state index in [9.17, 15) is 0 Å². The van der Waals surface area contributed by atoms with Gasteiger partial charge in [-0.3, -0.25) is 0 Å². The standard InChI is InChI=1S/C19H15BrN2O3S/c1-23-14-6-4-3-5-12(14)17-21-18-13(19(26)22-17)8-10-7-11(20)9-15(24-2)16(10)25-18/h3-7,9H,8H2,1-2H3,(H,21,22,26). The van der Waals surface area contributed by atoms with Gasteiger partial charge in [-0.05, 0) is 24.3 Å². The number of aromatic nitrogens is 2. The number of benzene rings is 2. The van der Waals surface area contributed by atoms with Gasteiger partial charge in [-0.2, -0.15) is 0 Å². The third-order valence-corrected chi connectivity index (χ3v) is 5.02. The summed E-state index contributed by atoms with van der Waals surface area (Å²) in [6, 6.07) is 11.5. The van der Waals surface area contributed by atoms with Crippen molar-refractivity contribution in [3.05, 3.63) is 56.6 Å². The summed E-state index contributed by atoms with van der Waals surface area (Å²) in [4.78, 5) is 7.82. The maximum absolute atomic E-state index is 6.12. The Labute approximate surface area is 164 Å². The van der Waals surface area contributed by atoms with Gasteiger partial charge < -0.3 is 19.2 Å². The summed E-state index contributed by atoms with van der Waals surface area (Å²) in [5.41, 5.74) is 2.67. The second-order valence-electron chi connectivity index (χ2n) is 5.77. The van der Waals surface area contributed by atoms with Gasteiger partial charge in [-0.15, -0.1) is 0 Å². The topological polar surface area (TPSA) is 56.4 Å². The van der Waals surface area contributed by atoms with Gasteiger partial charge in [-0.1, -0.05) is 40.3 Å². The maximum atomic E-state index is 6.12. The quantitative estimate of drug-likeness (QED) is 0.447. The third-order valence-electron chi connectivity index (χ3n) is 4.23. The second kappa shape index (κ2) is 6.74. The summed E-state index contributed by atoms with van der Waals surface area (Å²) in [7, 11) is 3.25. The van der Waals surface area contributed by atoms with Crippen LogP contribution in [0, 0.1) is 4.64 Å². The molecule has 4 rings (SSSR count). The molecule has 7 heteroatoms. The molecule has 132 valence electrons. The molecule has 0 unspecified atom stereocenters. The predicted octanol–water partition coefficient (Wildman–Crippen LogP) is 5.28. The minimum absolute atomic E-state index is 0.504. The van der Waals surface area contributed by atoms with E-state index in [1.807, 2.05) is 36.4 Å². The van der Waals surface area contributed by atoms with E-state index in [1.54, 1.807) is 14.2 Å². The highest BCUT2D eigenvalue weighted by Gasteiger charge is 2.24. The first-order valence-corrected chi connectivity index (χ1v) is 9.11. The van der Waals surface area contributed by atoms with Crippen molar-refractivity contribution in [2.45, 2.75) is 6.42 Å². The van der Waals surface area contributed by atoms with Gasteiger partial charge >= 0.3 is 0 Å². The number of halogens is 1. The Bertz CT molecular complexity index is 1070. The molecule has 0 fully saturated rings. The number of fused-ring (bicyclic) bond motifs is 2. The van der Waals surface area contributed by atoms with Crippen LogP contribution in [0.2, 0.25) is 0 Å². The summed E-state index contributed by atoms with van der Waals surface area (Å²) in [6.45, 7) is 0. The van der Waals surface area contributed by atoms with Gasteiger partial charge in [0.25, 0.3) is 0 Å². The molecule has 0 atom stereocenters. The van der Waals surface area contributed by atoms with Crippen LogP contribution in [0.1, 0.15) is 11.1 Å². The smallest absolute Gasteiger partial charge is 0.205 e. The number of ether oxygens (including phenoxy) is 3. The Balaban J connectivity index is 1.85. The van der Waals surface area contributed by atoms with E-state index in [4.69, 9.17) is 26.4 Å². The van der Waals surface area contributed by atoms with Crippen molar-refractivity contribution in [3.63, 3.8) is 0 Å². The van der Waals surface area contributed by atoms with E-state index < -0.39 is 0 Å². The lowest BCUT2D eigenvalue weighted by Gasteiger charge is -2.22. The fourth-order valence-corrected chi connectivity index (χ4v) is 3.74. The van der Waals surface area contributed by atoms with Crippen LogP contribution in [-0.2, 0) is 6.42 Å². The average molecular weight is 431 g/mol. The van der Waals surface area contributed by atoms with Crippen molar-refractivity contribution < 1.29 is 14.2 Å². The molecule has 0 radical (unpaired) electrons. The molecule has 0 saturated carbocycles. The van der Waals surface area contributed by atoms with E-state index in [-0.39, 0.29) is 0 Å². The highest BCUT2D eigenvalue weighted by molar-refractivity contribution is 9.10. The lowest BCUT2D eigenvalue weighted by molar-refractivity contribution is 0.365. The fraction of sp³-hybridized carbons (Fsp3) is 0.158. The van der Waals surface area contributed by atoms with Gasteiger partial charge in [-0.25, -0.2) is 4.98 Å². The number of para-hydroxylation sites is 1. The predicted molar refractivity (Wildman–Crippen MR) is 105 cm³/mol. The number of hydrogen-bond donors (Lipinski definition) is 1. The number of rotatable bonds is 3. The minimum Gasteiger partial charge on any atom is -0.496 e. The summed E-state index contributed by atoms with van der Waals surface area (Å²) in [5, 5.41) is 0. The first kappa shape index (κ1) is 17.1. The molecular weight excluding hydrogens is 416 g/mol. The molecule has 1 aliphatic rings. The Kier molecular flexibility index (Phi) is 4.42. The lowest BCUT2D eigenvalue weighted by Crippen LogP contribution is -2.09. The van der Waals surface area contributed by atoms with E-state index in [1.165, 1.54) is 0 Å². The zero-order valence-corrected chi connectivity index (χ0v) is 16.5. The molecule has 1 aliphatic heterocycles. The Morgan fingerprint density at radius 3 is 2.69 bits per heavy atom. The largest absolute Gasteiger partial charge is 0.496 e. The van der Waals surface area contributed by atoms with E-state index in [0.29, 0.717) is 40.0 Å². The van der Waals surface area contributed by atoms with Crippen molar-refractivity contribution in [3.8, 4) is 34.5 Å². The normalized spacial score (nSPS) is 12.0. The minimum atomic E-state index is 0.504. The number of H-pyrrole nitrogens is 1. The number of hydrogen-bond acceptors (Lipinski definition) is 5. The Morgan fingerprint density at radius 1 is 1.15 bits per heavy atom. The molecule has 3 aromatic rings. The summed E-state index contributed by atoms with van der Waals surface area (Å²) < 4.78 is 18.4. The number of methoxy groups -OCH3 is 2. The molecule has 0 amide bonds. The zero-order chi connectivity index (χ0) is 18.3. The maximum Gasteiger partial charge on any atom is 0.205 e. The van der Waals surface area contributed by atoms with Gasteiger partial charge in [0, 0.05) is 16.5 Å². The van der Waals surface area contributed by atoms with Crippen molar-refractivity contribution in [1.29, 1.82) is 0 Å². The average Bonchev–Trinajstić information content (AvgIpc) is 2.66. The van der Waals surface area contributed by atoms with Gasteiger partial charge in [0.1, 0.15) is 16.2 Å². The molecule has 0 aliphatic carbocycles. The first-order valence-electron chi connectivity index (χ1n) is 7.91. The number of aromatic amines is 1. The third kappa shape index (κ3) is 2.87. The molecule has 5 nitrogen and oxygen atoms in total. The van der Waals surface area contributed by atoms with Crippen LogP contribution in [0.15, 0.2) is 40.9 Å². The molecular formula is C19H15BrN2O3S. The van der Waals surface area contributed by atoms with Crippen molar-refractivity contribution in [1.82, 2.24) is 9.97 Å². The molecule has 0 bridgehead atoms. The van der Waals surface area contributed by atoms with Crippen LogP contribution >= 0.6 is 28.1 Å². The highest BCUT2D eigenvalue weighted by Crippen LogP contribution is 2.44. The van der Waals surface area contributed by atoms with Gasteiger partial charge in [0.05, 0.1) is 25.3 Å². The first-order chi connectivity index (χ1) is 12.6. The van der Waals surface area contributed by atoms with E-state index in [2.05, 4.69) is 25.9 Å². The van der Waals surface area contributed by atoms with E-state index >= 15 is 0 Å². The molecule has 1 N–H and O–H groups in total.